The molecule has 0 radical (unpaired) electrons. The van der Waals surface area contributed by atoms with Gasteiger partial charge in [0.05, 0.1) is 11.2 Å². The average Bonchev–Trinajstić information content (AvgIpc) is 2.96. The molecule has 0 saturated carbocycles. The third-order valence-corrected chi connectivity index (χ3v) is 3.22. The summed E-state index contributed by atoms with van der Waals surface area (Å²) >= 11 is 6.05. The minimum absolute atomic E-state index is 0.0131. The molecule has 0 saturated heterocycles. The van der Waals surface area contributed by atoms with E-state index in [1.165, 1.54) is 18.3 Å². The Labute approximate surface area is 130 Å². The Kier molecular flexibility index (Phi) is 3.84. The molecule has 22 heavy (non-hydrogen) atoms. The summed E-state index contributed by atoms with van der Waals surface area (Å²) in [6.07, 6.45) is 1.44. The van der Waals surface area contributed by atoms with Gasteiger partial charge in [0.25, 0.3) is 5.91 Å². The van der Waals surface area contributed by atoms with Crippen molar-refractivity contribution < 1.29 is 19.4 Å². The number of carbonyl (C=O) groups is 1. The van der Waals surface area contributed by atoms with Gasteiger partial charge in [0.15, 0.2) is 11.5 Å². The Bertz CT molecular complexity index is 761. The molecule has 6 nitrogen and oxygen atoms in total. The molecule has 0 bridgehead atoms. The molecule has 0 atom stereocenters. The van der Waals surface area contributed by atoms with Crippen LogP contribution in [0.3, 0.4) is 0 Å². The standard InChI is InChI=1S/C15H11ClN2O4/c16-12-4-9(5-13-14(12)22-8-21-13)7-17-18-15(20)10-2-1-3-11(19)6-10/h1-7,19H,8H2,(H,18,20)/b17-7-. The van der Waals surface area contributed by atoms with Crippen molar-refractivity contribution in [3.63, 3.8) is 0 Å². The zero-order valence-corrected chi connectivity index (χ0v) is 12.0. The minimum atomic E-state index is -0.431. The SMILES string of the molecule is O=C(N/N=C\c1cc(Cl)c2c(c1)OCO2)c1cccc(O)c1. The first kappa shape index (κ1) is 14.2. The number of hydrogen-bond donors (Lipinski definition) is 2. The average molecular weight is 319 g/mol. The molecule has 1 amide bonds. The van der Waals surface area contributed by atoms with Gasteiger partial charge in [0.1, 0.15) is 5.75 Å². The zero-order chi connectivity index (χ0) is 15.5. The zero-order valence-electron chi connectivity index (χ0n) is 11.2. The molecule has 112 valence electrons. The van der Waals surface area contributed by atoms with E-state index in [4.69, 9.17) is 21.1 Å². The van der Waals surface area contributed by atoms with E-state index >= 15 is 0 Å². The summed E-state index contributed by atoms with van der Waals surface area (Å²) in [7, 11) is 0. The Hall–Kier alpha value is -2.73. The molecule has 1 heterocycles. The van der Waals surface area contributed by atoms with Crippen molar-refractivity contribution in [1.29, 1.82) is 0 Å². The number of nitrogens with zero attached hydrogens (tertiary/aromatic N) is 1. The number of phenols is 1. The number of nitrogens with one attached hydrogen (secondary N) is 1. The number of rotatable bonds is 3. The van der Waals surface area contributed by atoms with E-state index in [-0.39, 0.29) is 12.5 Å². The van der Waals surface area contributed by atoms with Crippen molar-refractivity contribution in [3.8, 4) is 17.2 Å². The normalized spacial score (nSPS) is 12.6. The fraction of sp³-hybridized carbons (Fsp3) is 0.0667. The Balaban J connectivity index is 1.70. The maximum Gasteiger partial charge on any atom is 0.271 e. The highest BCUT2D eigenvalue weighted by Gasteiger charge is 2.17. The minimum Gasteiger partial charge on any atom is -0.508 e. The van der Waals surface area contributed by atoms with Crippen LogP contribution >= 0.6 is 11.6 Å². The van der Waals surface area contributed by atoms with E-state index in [1.807, 2.05) is 0 Å². The lowest BCUT2D eigenvalue weighted by Crippen LogP contribution is -2.17. The van der Waals surface area contributed by atoms with Crippen LogP contribution in [0.1, 0.15) is 15.9 Å². The van der Waals surface area contributed by atoms with E-state index in [9.17, 15) is 9.90 Å². The van der Waals surface area contributed by atoms with E-state index in [0.29, 0.717) is 27.6 Å². The topological polar surface area (TPSA) is 80.2 Å². The number of amides is 1. The number of benzene rings is 2. The van der Waals surface area contributed by atoms with Crippen LogP contribution in [0.5, 0.6) is 17.2 Å². The molecule has 7 heteroatoms. The van der Waals surface area contributed by atoms with Gasteiger partial charge in [-0.25, -0.2) is 5.43 Å². The number of aromatic hydroxyl groups is 1. The molecule has 0 fully saturated rings. The maximum atomic E-state index is 11.8. The number of carbonyl (C=O) groups excluding carboxylic acids is 1. The molecule has 2 aromatic carbocycles. The van der Waals surface area contributed by atoms with Crippen LogP contribution in [-0.2, 0) is 0 Å². The number of hydrogen-bond acceptors (Lipinski definition) is 5. The van der Waals surface area contributed by atoms with Gasteiger partial charge < -0.3 is 14.6 Å². The molecule has 1 aliphatic rings. The maximum absolute atomic E-state index is 11.8. The molecule has 1 aliphatic heterocycles. The van der Waals surface area contributed by atoms with Gasteiger partial charge in [-0.2, -0.15) is 5.10 Å². The van der Waals surface area contributed by atoms with Crippen molar-refractivity contribution in [2.45, 2.75) is 0 Å². The van der Waals surface area contributed by atoms with Gasteiger partial charge in [-0.15, -0.1) is 0 Å². The largest absolute Gasteiger partial charge is 0.508 e. The van der Waals surface area contributed by atoms with Gasteiger partial charge in [-0.1, -0.05) is 17.7 Å². The van der Waals surface area contributed by atoms with Crippen LogP contribution in [0.25, 0.3) is 0 Å². The Morgan fingerprint density at radius 1 is 1.32 bits per heavy atom. The summed E-state index contributed by atoms with van der Waals surface area (Å²) in [5.41, 5.74) is 3.33. The van der Waals surface area contributed by atoms with Crippen molar-refractivity contribution in [1.82, 2.24) is 5.43 Å². The Morgan fingerprint density at radius 2 is 2.18 bits per heavy atom. The second-order valence-electron chi connectivity index (χ2n) is 4.49. The summed E-state index contributed by atoms with van der Waals surface area (Å²) in [5.74, 6) is 0.619. The lowest BCUT2D eigenvalue weighted by molar-refractivity contribution is 0.0954. The monoisotopic (exact) mass is 318 g/mol. The summed E-state index contributed by atoms with van der Waals surface area (Å²) in [6, 6.07) is 9.34. The fourth-order valence-corrected chi connectivity index (χ4v) is 2.21. The number of ether oxygens (including phenoxy) is 2. The van der Waals surface area contributed by atoms with Crippen LogP contribution in [0.4, 0.5) is 0 Å². The fourth-order valence-electron chi connectivity index (χ4n) is 1.94. The van der Waals surface area contributed by atoms with Crippen LogP contribution < -0.4 is 14.9 Å². The summed E-state index contributed by atoms with van der Waals surface area (Å²) in [6.45, 7) is 0.129. The first-order valence-corrected chi connectivity index (χ1v) is 6.73. The number of fused-ring (bicyclic) bond motifs is 1. The molecule has 2 aromatic rings. The summed E-state index contributed by atoms with van der Waals surface area (Å²) in [4.78, 5) is 11.8. The van der Waals surface area contributed by atoms with Gasteiger partial charge >= 0.3 is 0 Å². The van der Waals surface area contributed by atoms with E-state index in [2.05, 4.69) is 10.5 Å². The molecular formula is C15H11ClN2O4. The molecular weight excluding hydrogens is 308 g/mol. The molecule has 0 spiro atoms. The third kappa shape index (κ3) is 2.96. The van der Waals surface area contributed by atoms with Gasteiger partial charge in [-0.3, -0.25) is 4.79 Å². The molecule has 0 unspecified atom stereocenters. The highest BCUT2D eigenvalue weighted by Crippen LogP contribution is 2.39. The second-order valence-corrected chi connectivity index (χ2v) is 4.89. The van der Waals surface area contributed by atoms with Gasteiger partial charge in [0, 0.05) is 5.56 Å². The Morgan fingerprint density at radius 3 is 3.00 bits per heavy atom. The van der Waals surface area contributed by atoms with E-state index in [0.717, 1.165) is 0 Å². The predicted octanol–water partition coefficient (Wildman–Crippen LogP) is 2.54. The van der Waals surface area contributed by atoms with Gasteiger partial charge in [-0.05, 0) is 35.9 Å². The highest BCUT2D eigenvalue weighted by atomic mass is 35.5. The predicted molar refractivity (Wildman–Crippen MR) is 80.7 cm³/mol. The smallest absolute Gasteiger partial charge is 0.271 e. The molecule has 0 aromatic heterocycles. The van der Waals surface area contributed by atoms with Crippen molar-refractivity contribution in [2.75, 3.05) is 6.79 Å². The van der Waals surface area contributed by atoms with Crippen LogP contribution in [0, 0.1) is 0 Å². The summed E-state index contributed by atoms with van der Waals surface area (Å²) in [5, 5.41) is 13.6. The number of phenolic OH excluding ortho intramolecular Hbond substituents is 1. The molecule has 2 N–H and O–H groups in total. The summed E-state index contributed by atoms with van der Waals surface area (Å²) < 4.78 is 10.5. The van der Waals surface area contributed by atoms with E-state index < -0.39 is 5.91 Å². The quantitative estimate of drug-likeness (QED) is 0.673. The van der Waals surface area contributed by atoms with Crippen LogP contribution in [0.15, 0.2) is 41.5 Å². The second kappa shape index (κ2) is 5.95. The third-order valence-electron chi connectivity index (χ3n) is 2.94. The molecule has 0 aliphatic carbocycles. The van der Waals surface area contributed by atoms with Crippen LogP contribution in [-0.4, -0.2) is 24.0 Å². The lowest BCUT2D eigenvalue weighted by Gasteiger charge is -2.02. The number of hydrazone groups is 1. The van der Waals surface area contributed by atoms with Crippen molar-refractivity contribution in [3.05, 3.63) is 52.5 Å². The number of halogens is 1. The lowest BCUT2D eigenvalue weighted by atomic mass is 10.2. The first-order chi connectivity index (χ1) is 10.6. The molecule has 3 rings (SSSR count). The van der Waals surface area contributed by atoms with Crippen molar-refractivity contribution in [2.24, 2.45) is 5.10 Å². The first-order valence-electron chi connectivity index (χ1n) is 6.35. The van der Waals surface area contributed by atoms with E-state index in [1.54, 1.807) is 24.3 Å². The highest BCUT2D eigenvalue weighted by molar-refractivity contribution is 6.32. The van der Waals surface area contributed by atoms with Gasteiger partial charge in [0.2, 0.25) is 6.79 Å². The van der Waals surface area contributed by atoms with Crippen LogP contribution in [0.2, 0.25) is 5.02 Å². The van der Waals surface area contributed by atoms with Crippen molar-refractivity contribution >= 4 is 23.7 Å².